The number of nitrogens with one attached hydrogen (secondary N) is 1. The lowest BCUT2D eigenvalue weighted by Crippen LogP contribution is -2.51. The second-order valence-electron chi connectivity index (χ2n) is 5.87. The standard InChI is InChI=1S/C17H24N2OS/c1-2-21-16-9-4-3-8-15(16)17(20)19(13-6-5-7-13)14-10-11-18-12-14/h3-4,8-9,13-14,18H,2,5-7,10-12H2,1H3. The summed E-state index contributed by atoms with van der Waals surface area (Å²) >= 11 is 1.76. The van der Waals surface area contributed by atoms with Crippen molar-refractivity contribution in [1.82, 2.24) is 10.2 Å². The zero-order chi connectivity index (χ0) is 14.7. The quantitative estimate of drug-likeness (QED) is 0.848. The average molecular weight is 304 g/mol. The van der Waals surface area contributed by atoms with Crippen LogP contribution in [0.4, 0.5) is 0 Å². The van der Waals surface area contributed by atoms with Crippen molar-refractivity contribution in [1.29, 1.82) is 0 Å². The van der Waals surface area contributed by atoms with Crippen molar-refractivity contribution in [2.45, 2.75) is 49.6 Å². The lowest BCUT2D eigenvalue weighted by Gasteiger charge is -2.41. The summed E-state index contributed by atoms with van der Waals surface area (Å²) < 4.78 is 0. The molecule has 1 unspecified atom stereocenters. The molecule has 1 saturated carbocycles. The highest BCUT2D eigenvalue weighted by Gasteiger charge is 2.36. The van der Waals surface area contributed by atoms with Crippen molar-refractivity contribution in [2.24, 2.45) is 0 Å². The molecule has 0 radical (unpaired) electrons. The van der Waals surface area contributed by atoms with Crippen LogP contribution in [-0.2, 0) is 0 Å². The largest absolute Gasteiger partial charge is 0.331 e. The molecule has 1 N–H and O–H groups in total. The number of hydrogen-bond donors (Lipinski definition) is 1. The van der Waals surface area contributed by atoms with Gasteiger partial charge >= 0.3 is 0 Å². The molecule has 1 aromatic carbocycles. The third-order valence-electron chi connectivity index (χ3n) is 4.55. The van der Waals surface area contributed by atoms with Gasteiger partial charge < -0.3 is 10.2 Å². The van der Waals surface area contributed by atoms with E-state index in [0.717, 1.165) is 35.7 Å². The maximum atomic E-state index is 13.1. The highest BCUT2D eigenvalue weighted by Crippen LogP contribution is 2.32. The highest BCUT2D eigenvalue weighted by atomic mass is 32.2. The van der Waals surface area contributed by atoms with E-state index < -0.39 is 0 Å². The van der Waals surface area contributed by atoms with Gasteiger partial charge in [-0.2, -0.15) is 0 Å². The zero-order valence-electron chi connectivity index (χ0n) is 12.7. The lowest BCUT2D eigenvalue weighted by atomic mass is 9.89. The number of thioether (sulfide) groups is 1. The molecule has 1 aliphatic heterocycles. The van der Waals surface area contributed by atoms with Gasteiger partial charge in [0.2, 0.25) is 0 Å². The first-order valence-electron chi connectivity index (χ1n) is 8.06. The summed E-state index contributed by atoms with van der Waals surface area (Å²) in [6, 6.07) is 8.92. The molecule has 1 heterocycles. The van der Waals surface area contributed by atoms with Crippen LogP contribution in [0.25, 0.3) is 0 Å². The van der Waals surface area contributed by atoms with Crippen molar-refractivity contribution < 1.29 is 4.79 Å². The summed E-state index contributed by atoms with van der Waals surface area (Å²) in [6.45, 7) is 4.12. The highest BCUT2D eigenvalue weighted by molar-refractivity contribution is 7.99. The van der Waals surface area contributed by atoms with Gasteiger partial charge in [0.1, 0.15) is 0 Å². The summed E-state index contributed by atoms with van der Waals surface area (Å²) in [5.74, 6) is 1.24. The number of hydrogen-bond acceptors (Lipinski definition) is 3. The number of benzene rings is 1. The van der Waals surface area contributed by atoms with E-state index in [2.05, 4.69) is 23.2 Å². The number of nitrogens with zero attached hydrogens (tertiary/aromatic N) is 1. The Morgan fingerprint density at radius 3 is 2.71 bits per heavy atom. The number of carbonyl (C=O) groups excluding carboxylic acids is 1. The van der Waals surface area contributed by atoms with Crippen LogP contribution in [0, 0.1) is 0 Å². The third-order valence-corrected chi connectivity index (χ3v) is 5.50. The van der Waals surface area contributed by atoms with Crippen LogP contribution < -0.4 is 5.32 Å². The Labute approximate surface area is 131 Å². The Morgan fingerprint density at radius 2 is 2.10 bits per heavy atom. The summed E-state index contributed by atoms with van der Waals surface area (Å²) in [7, 11) is 0. The van der Waals surface area contributed by atoms with Crippen LogP contribution in [0.2, 0.25) is 0 Å². The molecule has 3 rings (SSSR count). The Balaban J connectivity index is 1.86. The van der Waals surface area contributed by atoms with Crippen LogP contribution in [0.1, 0.15) is 43.0 Å². The zero-order valence-corrected chi connectivity index (χ0v) is 13.5. The Bertz CT molecular complexity index is 495. The predicted octanol–water partition coefficient (Wildman–Crippen LogP) is 3.16. The minimum Gasteiger partial charge on any atom is -0.331 e. The van der Waals surface area contributed by atoms with E-state index in [-0.39, 0.29) is 5.91 Å². The topological polar surface area (TPSA) is 32.3 Å². The normalized spacial score (nSPS) is 22.0. The molecule has 0 bridgehead atoms. The van der Waals surface area contributed by atoms with Crippen molar-refractivity contribution in [3.63, 3.8) is 0 Å². The maximum absolute atomic E-state index is 13.1. The maximum Gasteiger partial charge on any atom is 0.255 e. The van der Waals surface area contributed by atoms with Gasteiger partial charge in [-0.25, -0.2) is 0 Å². The van der Waals surface area contributed by atoms with E-state index in [1.54, 1.807) is 11.8 Å². The lowest BCUT2D eigenvalue weighted by molar-refractivity contribution is 0.0462. The van der Waals surface area contributed by atoms with E-state index >= 15 is 0 Å². The summed E-state index contributed by atoms with van der Waals surface area (Å²) in [5, 5.41) is 3.40. The van der Waals surface area contributed by atoms with E-state index in [9.17, 15) is 4.79 Å². The molecule has 1 saturated heterocycles. The average Bonchev–Trinajstić information content (AvgIpc) is 2.96. The Kier molecular flexibility index (Phi) is 4.86. The fourth-order valence-corrected chi connectivity index (χ4v) is 4.03. The van der Waals surface area contributed by atoms with Crippen LogP contribution in [0.5, 0.6) is 0 Å². The molecule has 4 heteroatoms. The SMILES string of the molecule is CCSc1ccccc1C(=O)N(C1CCC1)C1CCNC1. The monoisotopic (exact) mass is 304 g/mol. The fraction of sp³-hybridized carbons (Fsp3) is 0.588. The first kappa shape index (κ1) is 14.9. The van der Waals surface area contributed by atoms with Crippen LogP contribution >= 0.6 is 11.8 Å². The Hall–Kier alpha value is -1.00. The van der Waals surface area contributed by atoms with Crippen molar-refractivity contribution in [3.8, 4) is 0 Å². The molecule has 114 valence electrons. The fourth-order valence-electron chi connectivity index (χ4n) is 3.24. The number of amides is 1. The number of carbonyl (C=O) groups is 1. The van der Waals surface area contributed by atoms with Gasteiger partial charge in [0, 0.05) is 23.5 Å². The molecule has 0 spiro atoms. The molecule has 21 heavy (non-hydrogen) atoms. The molecular weight excluding hydrogens is 280 g/mol. The predicted molar refractivity (Wildman–Crippen MR) is 87.9 cm³/mol. The van der Waals surface area contributed by atoms with Gasteiger partial charge in [-0.3, -0.25) is 4.79 Å². The van der Waals surface area contributed by atoms with Crippen LogP contribution in [0.3, 0.4) is 0 Å². The van der Waals surface area contributed by atoms with Gasteiger partial charge in [0.05, 0.1) is 5.56 Å². The van der Waals surface area contributed by atoms with E-state index in [0.29, 0.717) is 12.1 Å². The molecule has 0 aromatic heterocycles. The summed E-state index contributed by atoms with van der Waals surface area (Å²) in [4.78, 5) is 16.5. The van der Waals surface area contributed by atoms with E-state index in [4.69, 9.17) is 0 Å². The number of rotatable bonds is 5. The van der Waals surface area contributed by atoms with Gasteiger partial charge in [-0.1, -0.05) is 19.1 Å². The minimum atomic E-state index is 0.241. The van der Waals surface area contributed by atoms with Gasteiger partial charge in [-0.05, 0) is 50.1 Å². The Morgan fingerprint density at radius 1 is 1.29 bits per heavy atom. The molecule has 2 aliphatic rings. The first-order valence-corrected chi connectivity index (χ1v) is 9.05. The molecule has 1 atom stereocenters. The summed E-state index contributed by atoms with van der Waals surface area (Å²) in [6.07, 6.45) is 4.70. The first-order chi connectivity index (χ1) is 10.3. The van der Waals surface area contributed by atoms with Gasteiger partial charge in [-0.15, -0.1) is 11.8 Å². The smallest absolute Gasteiger partial charge is 0.255 e. The molecule has 1 amide bonds. The van der Waals surface area contributed by atoms with Crippen LogP contribution in [0.15, 0.2) is 29.2 Å². The molecular formula is C17H24N2OS. The second kappa shape index (κ2) is 6.84. The van der Waals surface area contributed by atoms with Gasteiger partial charge in [0.15, 0.2) is 0 Å². The van der Waals surface area contributed by atoms with Crippen LogP contribution in [-0.4, -0.2) is 41.7 Å². The molecule has 3 nitrogen and oxygen atoms in total. The molecule has 2 fully saturated rings. The van der Waals surface area contributed by atoms with E-state index in [1.165, 1.54) is 19.3 Å². The van der Waals surface area contributed by atoms with Gasteiger partial charge in [0.25, 0.3) is 5.91 Å². The van der Waals surface area contributed by atoms with Crippen molar-refractivity contribution in [3.05, 3.63) is 29.8 Å². The van der Waals surface area contributed by atoms with Crippen molar-refractivity contribution in [2.75, 3.05) is 18.8 Å². The molecule has 1 aromatic rings. The molecule has 1 aliphatic carbocycles. The second-order valence-corrected chi connectivity index (χ2v) is 7.18. The summed E-state index contributed by atoms with van der Waals surface area (Å²) in [5.41, 5.74) is 0.892. The van der Waals surface area contributed by atoms with E-state index in [1.807, 2.05) is 18.2 Å². The van der Waals surface area contributed by atoms with Crippen molar-refractivity contribution >= 4 is 17.7 Å². The third kappa shape index (κ3) is 3.11. The minimum absolute atomic E-state index is 0.241.